The number of anilines is 1. The van der Waals surface area contributed by atoms with Gasteiger partial charge in [-0.15, -0.1) is 11.3 Å². The minimum absolute atomic E-state index is 0.0638. The quantitative estimate of drug-likeness (QED) is 0.869. The van der Waals surface area contributed by atoms with Crippen LogP contribution < -0.4 is 11.1 Å². The maximum Gasteiger partial charge on any atom is 0.226 e. The summed E-state index contributed by atoms with van der Waals surface area (Å²) in [5, 5.41) is 6.09. The van der Waals surface area contributed by atoms with Crippen LogP contribution in [0, 0.1) is 0 Å². The number of hydrogen-bond donors (Lipinski definition) is 2. The lowest BCUT2D eigenvalue weighted by Gasteiger charge is -2.19. The number of amides is 1. The SMILES string of the molecule is CCSC1CCCC1NC(=O)Cc1csc(N)n1. The van der Waals surface area contributed by atoms with Crippen molar-refractivity contribution in [2.24, 2.45) is 0 Å². The van der Waals surface area contributed by atoms with Gasteiger partial charge in [0.15, 0.2) is 5.13 Å². The van der Waals surface area contributed by atoms with Crippen molar-refractivity contribution in [3.63, 3.8) is 0 Å². The average Bonchev–Trinajstić information content (AvgIpc) is 2.90. The largest absolute Gasteiger partial charge is 0.375 e. The zero-order chi connectivity index (χ0) is 13.0. The highest BCUT2D eigenvalue weighted by molar-refractivity contribution is 7.99. The standard InChI is InChI=1S/C12H19N3OS2/c1-2-17-10-5-3-4-9(10)15-11(16)6-8-7-18-12(13)14-8/h7,9-10H,2-6H2,1H3,(H2,13,14)(H,15,16). The van der Waals surface area contributed by atoms with Gasteiger partial charge in [-0.3, -0.25) is 4.79 Å². The highest BCUT2D eigenvalue weighted by atomic mass is 32.2. The molecule has 2 unspecified atom stereocenters. The van der Waals surface area contributed by atoms with Crippen molar-refractivity contribution in [3.05, 3.63) is 11.1 Å². The third kappa shape index (κ3) is 3.62. The van der Waals surface area contributed by atoms with Crippen LogP contribution in [0.3, 0.4) is 0 Å². The number of carbonyl (C=O) groups is 1. The van der Waals surface area contributed by atoms with E-state index in [-0.39, 0.29) is 5.91 Å². The Hall–Kier alpha value is -0.750. The second kappa shape index (κ2) is 6.43. The van der Waals surface area contributed by atoms with Crippen LogP contribution in [0.25, 0.3) is 0 Å². The van der Waals surface area contributed by atoms with Gasteiger partial charge in [0.05, 0.1) is 12.1 Å². The Morgan fingerprint density at radius 2 is 2.50 bits per heavy atom. The summed E-state index contributed by atoms with van der Waals surface area (Å²) >= 11 is 3.33. The van der Waals surface area contributed by atoms with E-state index in [9.17, 15) is 4.79 Å². The normalized spacial score (nSPS) is 23.2. The lowest BCUT2D eigenvalue weighted by Crippen LogP contribution is -2.39. The van der Waals surface area contributed by atoms with Crippen molar-refractivity contribution < 1.29 is 4.79 Å². The van der Waals surface area contributed by atoms with Crippen LogP contribution >= 0.6 is 23.1 Å². The van der Waals surface area contributed by atoms with E-state index in [0.717, 1.165) is 17.9 Å². The molecular formula is C12H19N3OS2. The first-order valence-electron chi connectivity index (χ1n) is 6.30. The monoisotopic (exact) mass is 285 g/mol. The van der Waals surface area contributed by atoms with Gasteiger partial charge in [-0.05, 0) is 18.6 Å². The molecule has 1 saturated carbocycles. The van der Waals surface area contributed by atoms with E-state index in [1.54, 1.807) is 0 Å². The fourth-order valence-corrected chi connectivity index (χ4v) is 4.09. The summed E-state index contributed by atoms with van der Waals surface area (Å²) in [4.78, 5) is 16.0. The highest BCUT2D eigenvalue weighted by Gasteiger charge is 2.28. The summed E-state index contributed by atoms with van der Waals surface area (Å²) in [5.41, 5.74) is 6.32. The molecule has 1 aliphatic rings. The van der Waals surface area contributed by atoms with E-state index in [2.05, 4.69) is 17.2 Å². The average molecular weight is 285 g/mol. The number of carbonyl (C=O) groups excluding carboxylic acids is 1. The van der Waals surface area contributed by atoms with Crippen molar-refractivity contribution in [1.29, 1.82) is 0 Å². The van der Waals surface area contributed by atoms with E-state index in [1.165, 1.54) is 24.2 Å². The number of nitrogen functional groups attached to an aromatic ring is 1. The Bertz CT molecular complexity index is 408. The number of hydrogen-bond acceptors (Lipinski definition) is 5. The summed E-state index contributed by atoms with van der Waals surface area (Å²) in [6.45, 7) is 2.17. The predicted octanol–water partition coefficient (Wildman–Crippen LogP) is 2.06. The molecule has 1 fully saturated rings. The minimum atomic E-state index is 0.0638. The molecule has 0 bridgehead atoms. The van der Waals surface area contributed by atoms with Crippen LogP contribution in [0.1, 0.15) is 31.9 Å². The topological polar surface area (TPSA) is 68.0 Å². The number of nitrogens with one attached hydrogen (secondary N) is 1. The van der Waals surface area contributed by atoms with Gasteiger partial charge in [-0.2, -0.15) is 11.8 Å². The van der Waals surface area contributed by atoms with Crippen LogP contribution in [-0.2, 0) is 11.2 Å². The maximum atomic E-state index is 11.9. The first-order valence-corrected chi connectivity index (χ1v) is 8.22. The molecule has 0 radical (unpaired) electrons. The third-order valence-electron chi connectivity index (χ3n) is 3.09. The van der Waals surface area contributed by atoms with E-state index >= 15 is 0 Å². The van der Waals surface area contributed by atoms with Crippen molar-refractivity contribution in [2.75, 3.05) is 11.5 Å². The number of nitrogens with two attached hydrogens (primary N) is 1. The Balaban J connectivity index is 1.83. The molecule has 4 nitrogen and oxygen atoms in total. The zero-order valence-electron chi connectivity index (χ0n) is 10.5. The van der Waals surface area contributed by atoms with Crippen LogP contribution in [0.15, 0.2) is 5.38 Å². The number of thiazole rings is 1. The second-order valence-electron chi connectivity index (χ2n) is 4.45. The summed E-state index contributed by atoms with van der Waals surface area (Å²) in [6, 6.07) is 0.332. The molecule has 6 heteroatoms. The molecule has 1 amide bonds. The number of aromatic nitrogens is 1. The maximum absolute atomic E-state index is 11.9. The lowest BCUT2D eigenvalue weighted by atomic mass is 10.2. The number of rotatable bonds is 5. The molecule has 0 spiro atoms. The lowest BCUT2D eigenvalue weighted by molar-refractivity contribution is -0.121. The van der Waals surface area contributed by atoms with Gasteiger partial charge < -0.3 is 11.1 Å². The first kappa shape index (κ1) is 13.7. The molecule has 1 heterocycles. The molecule has 2 rings (SSSR count). The van der Waals surface area contributed by atoms with Gasteiger partial charge in [-0.1, -0.05) is 13.3 Å². The van der Waals surface area contributed by atoms with Crippen LogP contribution in [0.5, 0.6) is 0 Å². The molecule has 18 heavy (non-hydrogen) atoms. The van der Waals surface area contributed by atoms with Crippen molar-refractivity contribution in [3.8, 4) is 0 Å². The molecular weight excluding hydrogens is 266 g/mol. The molecule has 0 aromatic carbocycles. The molecule has 3 N–H and O–H groups in total. The highest BCUT2D eigenvalue weighted by Crippen LogP contribution is 2.29. The summed E-state index contributed by atoms with van der Waals surface area (Å²) < 4.78 is 0. The summed E-state index contributed by atoms with van der Waals surface area (Å²) in [6.07, 6.45) is 3.87. The predicted molar refractivity (Wildman–Crippen MR) is 77.9 cm³/mol. The van der Waals surface area contributed by atoms with E-state index in [0.29, 0.717) is 22.8 Å². The van der Waals surface area contributed by atoms with Gasteiger partial charge in [-0.25, -0.2) is 4.98 Å². The fraction of sp³-hybridized carbons (Fsp3) is 0.667. The summed E-state index contributed by atoms with van der Waals surface area (Å²) in [5.74, 6) is 1.17. The van der Waals surface area contributed by atoms with Gasteiger partial charge in [0.2, 0.25) is 5.91 Å². The zero-order valence-corrected chi connectivity index (χ0v) is 12.1. The molecule has 0 saturated heterocycles. The van der Waals surface area contributed by atoms with Crippen molar-refractivity contribution in [2.45, 2.75) is 43.9 Å². The van der Waals surface area contributed by atoms with E-state index in [1.807, 2.05) is 17.1 Å². The van der Waals surface area contributed by atoms with Gasteiger partial charge in [0.25, 0.3) is 0 Å². The number of nitrogens with zero attached hydrogens (tertiary/aromatic N) is 1. The molecule has 2 atom stereocenters. The molecule has 1 aliphatic carbocycles. The second-order valence-corrected chi connectivity index (χ2v) is 6.86. The van der Waals surface area contributed by atoms with Gasteiger partial charge in [0.1, 0.15) is 0 Å². The van der Waals surface area contributed by atoms with Gasteiger partial charge >= 0.3 is 0 Å². The molecule has 0 aliphatic heterocycles. The van der Waals surface area contributed by atoms with Crippen LogP contribution in [0.2, 0.25) is 0 Å². The van der Waals surface area contributed by atoms with Gasteiger partial charge in [0, 0.05) is 16.7 Å². The summed E-state index contributed by atoms with van der Waals surface area (Å²) in [7, 11) is 0. The van der Waals surface area contributed by atoms with Crippen LogP contribution in [-0.4, -0.2) is 27.9 Å². The Labute approximate surface area is 116 Å². The number of thioether (sulfide) groups is 1. The fourth-order valence-electron chi connectivity index (χ4n) is 2.33. The molecule has 1 aromatic rings. The molecule has 100 valence electrons. The van der Waals surface area contributed by atoms with Crippen LogP contribution in [0.4, 0.5) is 5.13 Å². The smallest absolute Gasteiger partial charge is 0.226 e. The van der Waals surface area contributed by atoms with E-state index in [4.69, 9.17) is 5.73 Å². The Morgan fingerprint density at radius 1 is 1.67 bits per heavy atom. The third-order valence-corrected chi connectivity index (χ3v) is 5.14. The first-order chi connectivity index (χ1) is 8.69. The minimum Gasteiger partial charge on any atom is -0.375 e. The Morgan fingerprint density at radius 3 is 3.17 bits per heavy atom. The van der Waals surface area contributed by atoms with E-state index < -0.39 is 0 Å². The van der Waals surface area contributed by atoms with Crippen molar-refractivity contribution in [1.82, 2.24) is 10.3 Å². The van der Waals surface area contributed by atoms with Crippen molar-refractivity contribution >= 4 is 34.1 Å². The Kier molecular flexibility index (Phi) is 4.88. The molecule has 1 aromatic heterocycles.